The largest absolute Gasteiger partial charge is 0.301 e. The van der Waals surface area contributed by atoms with Crippen molar-refractivity contribution in [2.45, 2.75) is 19.1 Å². The number of aromatic nitrogens is 1. The van der Waals surface area contributed by atoms with E-state index in [1.54, 1.807) is 11.8 Å². The lowest BCUT2D eigenvalue weighted by Crippen LogP contribution is -2.23. The molecule has 3 rings (SSSR count). The number of hydrogen-bond donors (Lipinski definition) is 1. The normalized spacial score (nSPS) is 15.3. The molecular weight excluding hydrogens is 346 g/mol. The van der Waals surface area contributed by atoms with Crippen molar-refractivity contribution in [1.82, 2.24) is 4.98 Å². The van der Waals surface area contributed by atoms with Gasteiger partial charge in [0.1, 0.15) is 4.38 Å². The Morgan fingerprint density at radius 1 is 1.35 bits per heavy atom. The summed E-state index contributed by atoms with van der Waals surface area (Å²) in [5.74, 6) is 0.985. The zero-order valence-corrected chi connectivity index (χ0v) is 15.4. The first kappa shape index (κ1) is 16.5. The number of hydrogen-bond acceptors (Lipinski definition) is 6. The van der Waals surface area contributed by atoms with Gasteiger partial charge in [-0.05, 0) is 13.8 Å². The molecule has 0 aliphatic carbocycles. The topological polar surface area (TPSA) is 54.4 Å². The van der Waals surface area contributed by atoms with E-state index in [9.17, 15) is 4.79 Å². The molecule has 2 aromatic rings. The van der Waals surface area contributed by atoms with Crippen LogP contribution in [0.2, 0.25) is 0 Å². The molecule has 0 bridgehead atoms. The second kappa shape index (κ2) is 7.51. The van der Waals surface area contributed by atoms with Gasteiger partial charge >= 0.3 is 0 Å². The maximum absolute atomic E-state index is 12.3. The number of benzene rings is 1. The van der Waals surface area contributed by atoms with E-state index in [-0.39, 0.29) is 11.2 Å². The number of carbonyl (C=O) groups excluding carboxylic acids is 1. The van der Waals surface area contributed by atoms with Crippen LogP contribution in [0.4, 0.5) is 5.13 Å². The smallest absolute Gasteiger partial charge is 0.239 e. The van der Waals surface area contributed by atoms with Crippen molar-refractivity contribution in [3.05, 3.63) is 35.2 Å². The molecule has 0 radical (unpaired) electrons. The van der Waals surface area contributed by atoms with Crippen LogP contribution in [0.25, 0.3) is 11.3 Å². The van der Waals surface area contributed by atoms with E-state index in [1.165, 1.54) is 28.7 Å². The molecule has 1 aliphatic heterocycles. The van der Waals surface area contributed by atoms with Gasteiger partial charge in [0, 0.05) is 16.7 Å². The fraction of sp³-hybridized carbons (Fsp3) is 0.312. The van der Waals surface area contributed by atoms with Gasteiger partial charge in [0.05, 0.1) is 17.5 Å². The van der Waals surface area contributed by atoms with Crippen LogP contribution in [-0.4, -0.2) is 32.8 Å². The van der Waals surface area contributed by atoms with Crippen molar-refractivity contribution >= 4 is 50.3 Å². The molecule has 1 aliphatic rings. The van der Waals surface area contributed by atoms with Crippen LogP contribution in [0, 0.1) is 6.92 Å². The number of aliphatic imine (C=N–C) groups is 1. The van der Waals surface area contributed by atoms with Gasteiger partial charge in [-0.2, -0.15) is 0 Å². The SMILES string of the molecule is Cc1ccc(-c2csc(NC(=O)C(C)SC3=NCCS3)n2)cc1. The number of nitrogens with zero attached hydrogens (tertiary/aromatic N) is 2. The minimum Gasteiger partial charge on any atom is -0.301 e. The van der Waals surface area contributed by atoms with Gasteiger partial charge in [0.15, 0.2) is 5.13 Å². The first-order valence-electron chi connectivity index (χ1n) is 7.29. The van der Waals surface area contributed by atoms with Gasteiger partial charge in [-0.15, -0.1) is 11.3 Å². The molecule has 1 atom stereocenters. The van der Waals surface area contributed by atoms with Crippen LogP contribution in [-0.2, 0) is 4.79 Å². The van der Waals surface area contributed by atoms with E-state index in [4.69, 9.17) is 0 Å². The molecule has 0 saturated heterocycles. The zero-order chi connectivity index (χ0) is 16.2. The van der Waals surface area contributed by atoms with E-state index in [2.05, 4.69) is 34.3 Å². The summed E-state index contributed by atoms with van der Waals surface area (Å²) >= 11 is 4.68. The fourth-order valence-electron chi connectivity index (χ4n) is 1.99. The Morgan fingerprint density at radius 2 is 2.13 bits per heavy atom. The van der Waals surface area contributed by atoms with Gasteiger partial charge in [-0.1, -0.05) is 53.4 Å². The lowest BCUT2D eigenvalue weighted by molar-refractivity contribution is -0.115. The highest BCUT2D eigenvalue weighted by Gasteiger charge is 2.19. The molecule has 0 spiro atoms. The third-order valence-electron chi connectivity index (χ3n) is 3.29. The number of aryl methyl sites for hydroxylation is 1. The number of thiazole rings is 1. The Bertz CT molecular complexity index is 724. The number of amides is 1. The fourth-order valence-corrected chi connectivity index (χ4v) is 4.84. The molecule has 120 valence electrons. The van der Waals surface area contributed by atoms with Gasteiger partial charge in [0.2, 0.25) is 5.91 Å². The Hall–Kier alpha value is -1.31. The lowest BCUT2D eigenvalue weighted by Gasteiger charge is -2.09. The monoisotopic (exact) mass is 363 g/mol. The minimum absolute atomic E-state index is 0.0324. The van der Waals surface area contributed by atoms with Crippen molar-refractivity contribution in [1.29, 1.82) is 0 Å². The lowest BCUT2D eigenvalue weighted by atomic mass is 10.1. The maximum atomic E-state index is 12.3. The summed E-state index contributed by atoms with van der Waals surface area (Å²) in [4.78, 5) is 21.1. The summed E-state index contributed by atoms with van der Waals surface area (Å²) in [5, 5.41) is 5.33. The Labute approximate surface area is 148 Å². The molecule has 7 heteroatoms. The summed E-state index contributed by atoms with van der Waals surface area (Å²) < 4.78 is 1.01. The minimum atomic E-state index is -0.175. The first-order chi connectivity index (χ1) is 11.1. The third-order valence-corrected chi connectivity index (χ3v) is 6.35. The van der Waals surface area contributed by atoms with Crippen LogP contribution >= 0.6 is 34.9 Å². The van der Waals surface area contributed by atoms with Crippen molar-refractivity contribution in [2.75, 3.05) is 17.6 Å². The summed E-state index contributed by atoms with van der Waals surface area (Å²) in [7, 11) is 0. The number of nitrogens with one attached hydrogen (secondary N) is 1. The van der Waals surface area contributed by atoms with Crippen LogP contribution < -0.4 is 5.32 Å². The number of rotatable bonds is 4. The first-order valence-corrected chi connectivity index (χ1v) is 10.0. The van der Waals surface area contributed by atoms with E-state index < -0.39 is 0 Å². The molecule has 2 heterocycles. The zero-order valence-electron chi connectivity index (χ0n) is 12.9. The summed E-state index contributed by atoms with van der Waals surface area (Å²) in [6.07, 6.45) is 0. The molecule has 1 aromatic carbocycles. The van der Waals surface area contributed by atoms with Crippen LogP contribution in [0.1, 0.15) is 12.5 Å². The summed E-state index contributed by atoms with van der Waals surface area (Å²) in [6.45, 7) is 4.81. The molecule has 1 aromatic heterocycles. The second-order valence-electron chi connectivity index (χ2n) is 5.15. The van der Waals surface area contributed by atoms with E-state index in [1.807, 2.05) is 24.4 Å². The molecule has 0 fully saturated rings. The third kappa shape index (κ3) is 4.37. The average Bonchev–Trinajstić information content (AvgIpc) is 3.20. The van der Waals surface area contributed by atoms with Crippen molar-refractivity contribution in [3.63, 3.8) is 0 Å². The van der Waals surface area contributed by atoms with Crippen molar-refractivity contribution < 1.29 is 4.79 Å². The van der Waals surface area contributed by atoms with Gasteiger partial charge < -0.3 is 5.32 Å². The average molecular weight is 364 g/mol. The molecule has 1 N–H and O–H groups in total. The second-order valence-corrected chi connectivity index (χ2v) is 8.68. The van der Waals surface area contributed by atoms with Gasteiger partial charge in [0.25, 0.3) is 0 Å². The standard InChI is InChI=1S/C16H17N3OS3/c1-10-3-5-12(6-4-10)13-9-22-15(18-13)19-14(20)11(2)23-16-17-7-8-21-16/h3-6,9,11H,7-8H2,1-2H3,(H,18,19,20). The van der Waals surface area contributed by atoms with Crippen molar-refractivity contribution in [3.8, 4) is 11.3 Å². The quantitative estimate of drug-likeness (QED) is 0.881. The Kier molecular flexibility index (Phi) is 5.40. The Balaban J connectivity index is 1.61. The molecule has 23 heavy (non-hydrogen) atoms. The van der Waals surface area contributed by atoms with E-state index >= 15 is 0 Å². The van der Waals surface area contributed by atoms with Crippen LogP contribution in [0.3, 0.4) is 0 Å². The summed E-state index contributed by atoms with van der Waals surface area (Å²) in [6, 6.07) is 8.21. The predicted molar refractivity (Wildman–Crippen MR) is 103 cm³/mol. The van der Waals surface area contributed by atoms with Crippen molar-refractivity contribution in [2.24, 2.45) is 4.99 Å². The summed E-state index contributed by atoms with van der Waals surface area (Å²) in [5.41, 5.74) is 3.17. The highest BCUT2D eigenvalue weighted by Crippen LogP contribution is 2.28. The van der Waals surface area contributed by atoms with E-state index in [0.717, 1.165) is 27.9 Å². The van der Waals surface area contributed by atoms with E-state index in [0.29, 0.717) is 5.13 Å². The molecule has 1 unspecified atom stereocenters. The highest BCUT2D eigenvalue weighted by molar-refractivity contribution is 8.39. The predicted octanol–water partition coefficient (Wildman–Crippen LogP) is 4.28. The van der Waals surface area contributed by atoms with Gasteiger partial charge in [-0.3, -0.25) is 9.79 Å². The molecule has 4 nitrogen and oxygen atoms in total. The van der Waals surface area contributed by atoms with Gasteiger partial charge in [-0.25, -0.2) is 4.98 Å². The van der Waals surface area contributed by atoms with Crippen LogP contribution in [0.5, 0.6) is 0 Å². The highest BCUT2D eigenvalue weighted by atomic mass is 32.2. The number of carbonyl (C=O) groups is 1. The van der Waals surface area contributed by atoms with Crippen LogP contribution in [0.15, 0.2) is 34.6 Å². The molecular formula is C16H17N3OS3. The Morgan fingerprint density at radius 3 is 2.83 bits per heavy atom. The maximum Gasteiger partial charge on any atom is 0.239 e. The number of anilines is 1. The number of thioether (sulfide) groups is 2. The molecule has 0 saturated carbocycles. The molecule has 1 amide bonds.